The van der Waals surface area contributed by atoms with Gasteiger partial charge in [-0.3, -0.25) is 9.79 Å². The van der Waals surface area contributed by atoms with Crippen molar-refractivity contribution in [3.05, 3.63) is 34.6 Å². The van der Waals surface area contributed by atoms with Gasteiger partial charge in [0.05, 0.1) is 16.3 Å². The predicted octanol–water partition coefficient (Wildman–Crippen LogP) is 4.42. The third-order valence-corrected chi connectivity index (χ3v) is 7.47. The summed E-state index contributed by atoms with van der Waals surface area (Å²) in [5.74, 6) is -0.159. The first-order valence-electron chi connectivity index (χ1n) is 9.39. The smallest absolute Gasteiger partial charge is 0.244 e. The van der Waals surface area contributed by atoms with E-state index in [0.29, 0.717) is 31.6 Å². The molecule has 1 saturated heterocycles. The second-order valence-corrected chi connectivity index (χ2v) is 10.5. The van der Waals surface area contributed by atoms with E-state index in [0.717, 1.165) is 19.3 Å². The Balaban J connectivity index is 1.90. The largest absolute Gasteiger partial charge is 0.511 e. The summed E-state index contributed by atoms with van der Waals surface area (Å²) >= 11 is 6.17. The molecule has 152 valence electrons. The number of hydrogen-bond acceptors (Lipinski definition) is 5. The van der Waals surface area contributed by atoms with E-state index < -0.39 is 10.0 Å². The number of aliphatic imine (C=N–C) groups is 1. The van der Waals surface area contributed by atoms with Crippen molar-refractivity contribution in [3.8, 4) is 0 Å². The molecule has 6 nitrogen and oxygen atoms in total. The molecule has 1 heterocycles. The maximum absolute atomic E-state index is 12.9. The van der Waals surface area contributed by atoms with Gasteiger partial charge in [0.2, 0.25) is 10.0 Å². The van der Waals surface area contributed by atoms with Crippen LogP contribution in [-0.4, -0.2) is 42.9 Å². The lowest BCUT2D eigenvalue weighted by atomic mass is 9.77. The molecule has 1 fully saturated rings. The zero-order chi connectivity index (χ0) is 20.5. The molecule has 0 atom stereocenters. The summed E-state index contributed by atoms with van der Waals surface area (Å²) in [6.07, 6.45) is 4.73. The van der Waals surface area contributed by atoms with Crippen molar-refractivity contribution in [1.29, 1.82) is 0 Å². The van der Waals surface area contributed by atoms with Crippen molar-refractivity contribution in [1.82, 2.24) is 4.31 Å². The van der Waals surface area contributed by atoms with Crippen LogP contribution in [-0.2, 0) is 14.8 Å². The molecule has 0 unspecified atom stereocenters. The van der Waals surface area contributed by atoms with E-state index >= 15 is 0 Å². The number of aliphatic hydroxyl groups is 1. The zero-order valence-corrected chi connectivity index (χ0v) is 17.7. The molecule has 0 amide bonds. The Morgan fingerprint density at radius 3 is 2.50 bits per heavy atom. The SMILES string of the molecule is CC1(C)CC(=O)C(C=Nc2ccc(Cl)c(S(=O)(=O)N3CCCCC3)c2)=C(O)C1. The minimum atomic E-state index is -3.70. The molecule has 1 N–H and O–H groups in total. The Kier molecular flexibility index (Phi) is 5.98. The number of carbonyl (C=O) groups is 1. The summed E-state index contributed by atoms with van der Waals surface area (Å²) in [4.78, 5) is 16.5. The number of sulfonamides is 1. The van der Waals surface area contributed by atoms with Gasteiger partial charge >= 0.3 is 0 Å². The van der Waals surface area contributed by atoms with Gasteiger partial charge in [0.15, 0.2) is 5.78 Å². The number of Topliss-reactive ketones (excluding diaryl/α,β-unsaturated/α-hetero) is 1. The van der Waals surface area contributed by atoms with E-state index in [2.05, 4.69) is 4.99 Å². The van der Waals surface area contributed by atoms with Gasteiger partial charge < -0.3 is 5.11 Å². The number of halogens is 1. The molecule has 28 heavy (non-hydrogen) atoms. The summed E-state index contributed by atoms with van der Waals surface area (Å²) in [6, 6.07) is 4.49. The lowest BCUT2D eigenvalue weighted by molar-refractivity contribution is -0.117. The molecule has 1 aliphatic carbocycles. The third-order valence-electron chi connectivity index (χ3n) is 5.09. The molecule has 2 aliphatic rings. The summed E-state index contributed by atoms with van der Waals surface area (Å²) in [6.45, 7) is 4.81. The normalized spacial score (nSPS) is 21.5. The van der Waals surface area contributed by atoms with Crippen LogP contribution in [0, 0.1) is 5.41 Å². The molecule has 1 aromatic carbocycles. The topological polar surface area (TPSA) is 87.0 Å². The van der Waals surface area contributed by atoms with Crippen LogP contribution in [0.15, 0.2) is 39.4 Å². The van der Waals surface area contributed by atoms with Crippen molar-refractivity contribution in [3.63, 3.8) is 0 Å². The molecule has 8 heteroatoms. The Hall–Kier alpha value is -1.70. The van der Waals surface area contributed by atoms with Gasteiger partial charge in [-0.25, -0.2) is 8.42 Å². The van der Waals surface area contributed by atoms with E-state index in [1.807, 2.05) is 13.8 Å². The van der Waals surface area contributed by atoms with Crippen molar-refractivity contribution < 1.29 is 18.3 Å². The van der Waals surface area contributed by atoms with Gasteiger partial charge in [0.1, 0.15) is 10.7 Å². The van der Waals surface area contributed by atoms with Gasteiger partial charge in [0.25, 0.3) is 0 Å². The molecule has 0 bridgehead atoms. The van der Waals surface area contributed by atoms with Crippen molar-refractivity contribution in [2.24, 2.45) is 10.4 Å². The van der Waals surface area contributed by atoms with Gasteiger partial charge in [-0.2, -0.15) is 4.31 Å². The van der Waals surface area contributed by atoms with Crippen LogP contribution >= 0.6 is 11.6 Å². The van der Waals surface area contributed by atoms with E-state index in [-0.39, 0.29) is 32.4 Å². The van der Waals surface area contributed by atoms with Gasteiger partial charge in [-0.15, -0.1) is 0 Å². The Morgan fingerprint density at radius 1 is 1.18 bits per heavy atom. The molecular weight excluding hydrogens is 400 g/mol. The average molecular weight is 425 g/mol. The van der Waals surface area contributed by atoms with Crippen LogP contribution in [0.2, 0.25) is 5.02 Å². The van der Waals surface area contributed by atoms with Gasteiger partial charge in [-0.1, -0.05) is 31.9 Å². The number of nitrogens with zero attached hydrogens (tertiary/aromatic N) is 2. The summed E-state index contributed by atoms with van der Waals surface area (Å²) < 4.78 is 27.3. The highest BCUT2D eigenvalue weighted by Gasteiger charge is 2.32. The maximum atomic E-state index is 12.9. The fraction of sp³-hybridized carbons (Fsp3) is 0.500. The highest BCUT2D eigenvalue weighted by atomic mass is 35.5. The fourth-order valence-electron chi connectivity index (χ4n) is 3.60. The van der Waals surface area contributed by atoms with Crippen LogP contribution in [0.5, 0.6) is 0 Å². The maximum Gasteiger partial charge on any atom is 0.244 e. The van der Waals surface area contributed by atoms with E-state index in [1.165, 1.54) is 22.7 Å². The first-order valence-corrected chi connectivity index (χ1v) is 11.2. The predicted molar refractivity (Wildman–Crippen MR) is 110 cm³/mol. The number of benzene rings is 1. The minimum Gasteiger partial charge on any atom is -0.511 e. The first kappa shape index (κ1) is 21.0. The number of hydrogen-bond donors (Lipinski definition) is 1. The summed E-state index contributed by atoms with van der Waals surface area (Å²) in [5.41, 5.74) is 0.252. The second-order valence-electron chi connectivity index (χ2n) is 8.14. The first-order chi connectivity index (χ1) is 13.1. The molecule has 3 rings (SSSR count). The van der Waals surface area contributed by atoms with Gasteiger partial charge in [-0.05, 0) is 36.5 Å². The van der Waals surface area contributed by atoms with Crippen molar-refractivity contribution in [2.75, 3.05) is 13.1 Å². The number of carbonyl (C=O) groups excluding carboxylic acids is 1. The number of allylic oxidation sites excluding steroid dienone is 2. The molecule has 0 radical (unpaired) electrons. The zero-order valence-electron chi connectivity index (χ0n) is 16.1. The quantitative estimate of drug-likeness (QED) is 0.725. The van der Waals surface area contributed by atoms with Crippen LogP contribution in [0.1, 0.15) is 46.0 Å². The lowest BCUT2D eigenvalue weighted by Crippen LogP contribution is -2.35. The Morgan fingerprint density at radius 2 is 1.86 bits per heavy atom. The Bertz CT molecular complexity index is 945. The van der Waals surface area contributed by atoms with Crippen LogP contribution in [0.25, 0.3) is 0 Å². The van der Waals surface area contributed by atoms with Crippen LogP contribution in [0.3, 0.4) is 0 Å². The number of aliphatic hydroxyl groups excluding tert-OH is 1. The molecular formula is C20H25ClN2O4S. The molecule has 0 saturated carbocycles. The molecule has 1 aromatic rings. The van der Waals surface area contributed by atoms with Crippen LogP contribution in [0.4, 0.5) is 5.69 Å². The van der Waals surface area contributed by atoms with Gasteiger partial charge in [0, 0.05) is 32.1 Å². The van der Waals surface area contributed by atoms with Crippen LogP contribution < -0.4 is 0 Å². The molecule has 0 spiro atoms. The van der Waals surface area contributed by atoms with E-state index in [9.17, 15) is 18.3 Å². The number of rotatable bonds is 4. The molecule has 0 aromatic heterocycles. The van der Waals surface area contributed by atoms with E-state index in [4.69, 9.17) is 11.6 Å². The average Bonchev–Trinajstić information content (AvgIpc) is 2.62. The Labute approximate surface area is 171 Å². The second kappa shape index (κ2) is 7.97. The summed E-state index contributed by atoms with van der Waals surface area (Å²) in [7, 11) is -3.70. The van der Waals surface area contributed by atoms with Crippen molar-refractivity contribution >= 4 is 39.3 Å². The van der Waals surface area contributed by atoms with E-state index in [1.54, 1.807) is 6.07 Å². The minimum absolute atomic E-state index is 0.0139. The highest BCUT2D eigenvalue weighted by molar-refractivity contribution is 7.89. The molecule has 1 aliphatic heterocycles. The fourth-order valence-corrected chi connectivity index (χ4v) is 5.61. The standard InChI is InChI=1S/C20H25ClN2O4S/c1-20(2)11-17(24)15(18(25)12-20)13-22-14-6-7-16(21)19(10-14)28(26,27)23-8-4-3-5-9-23/h6-7,10,13,24H,3-5,8-9,11-12H2,1-2H3. The monoisotopic (exact) mass is 424 g/mol. The van der Waals surface area contributed by atoms with Crippen molar-refractivity contribution in [2.45, 2.75) is 50.8 Å². The summed E-state index contributed by atoms with van der Waals surface area (Å²) in [5, 5.41) is 10.3. The highest BCUT2D eigenvalue weighted by Crippen LogP contribution is 2.35. The third kappa shape index (κ3) is 4.47. The number of piperidine rings is 1. The number of ketones is 1. The lowest BCUT2D eigenvalue weighted by Gasteiger charge is -2.28.